The molecule has 0 bridgehead atoms. The second kappa shape index (κ2) is 6.03. The van der Waals surface area contributed by atoms with Gasteiger partial charge < -0.3 is 4.74 Å². The number of nitrogens with zero attached hydrogens (tertiary/aromatic N) is 1. The minimum absolute atomic E-state index is 0.107. The summed E-state index contributed by atoms with van der Waals surface area (Å²) >= 11 is 0. The molecule has 1 aliphatic heterocycles. The first-order valence-electron chi connectivity index (χ1n) is 7.85. The van der Waals surface area contributed by atoms with E-state index in [4.69, 9.17) is 9.57 Å². The zero-order valence-corrected chi connectivity index (χ0v) is 13.6. The van der Waals surface area contributed by atoms with Crippen LogP contribution in [0.4, 0.5) is 0 Å². The number of methoxy groups -OCH3 is 1. The third kappa shape index (κ3) is 2.55. The fraction of sp³-hybridized carbons (Fsp3) is 0.100. The van der Waals surface area contributed by atoms with Crippen LogP contribution in [0.2, 0.25) is 0 Å². The Morgan fingerprint density at radius 2 is 1.60 bits per heavy atom. The Labute approximate surface area is 144 Å². The molecule has 0 atom stereocenters. The zero-order valence-electron chi connectivity index (χ0n) is 13.6. The van der Waals surface area contributed by atoms with Crippen molar-refractivity contribution >= 4 is 22.6 Å². The summed E-state index contributed by atoms with van der Waals surface area (Å²) < 4.78 is 5.27. The van der Waals surface area contributed by atoms with E-state index in [2.05, 4.69) is 0 Å². The number of imide groups is 1. The molecule has 3 aromatic rings. The monoisotopic (exact) mass is 333 g/mol. The topological polar surface area (TPSA) is 55.8 Å². The Morgan fingerprint density at radius 3 is 2.28 bits per heavy atom. The summed E-state index contributed by atoms with van der Waals surface area (Å²) in [6.07, 6.45) is 0. The molecule has 5 heteroatoms. The van der Waals surface area contributed by atoms with E-state index in [9.17, 15) is 9.59 Å². The molecule has 25 heavy (non-hydrogen) atoms. The lowest BCUT2D eigenvalue weighted by Gasteiger charge is -2.15. The number of carbonyl (C=O) groups is 2. The molecule has 4 rings (SSSR count). The highest BCUT2D eigenvalue weighted by molar-refractivity contribution is 6.20. The highest BCUT2D eigenvalue weighted by Gasteiger charge is 2.36. The molecule has 0 aromatic heterocycles. The van der Waals surface area contributed by atoms with Gasteiger partial charge in [-0.15, -0.1) is 5.06 Å². The number of fused-ring (bicyclic) bond motifs is 2. The summed E-state index contributed by atoms with van der Waals surface area (Å²) in [5.41, 5.74) is 1.60. The predicted molar refractivity (Wildman–Crippen MR) is 92.2 cm³/mol. The van der Waals surface area contributed by atoms with Gasteiger partial charge in [-0.1, -0.05) is 36.4 Å². The number of hydrogen-bond donors (Lipinski definition) is 0. The molecule has 3 aromatic carbocycles. The van der Waals surface area contributed by atoms with Crippen molar-refractivity contribution < 1.29 is 19.2 Å². The van der Waals surface area contributed by atoms with Crippen molar-refractivity contribution in [3.63, 3.8) is 0 Å². The fourth-order valence-electron chi connectivity index (χ4n) is 2.99. The van der Waals surface area contributed by atoms with Gasteiger partial charge in [-0.2, -0.15) is 0 Å². The van der Waals surface area contributed by atoms with Crippen LogP contribution in [0.25, 0.3) is 10.8 Å². The van der Waals surface area contributed by atoms with Crippen molar-refractivity contribution in [3.8, 4) is 5.75 Å². The Morgan fingerprint density at radius 1 is 0.880 bits per heavy atom. The Balaban J connectivity index is 1.61. The highest BCUT2D eigenvalue weighted by Crippen LogP contribution is 2.27. The maximum atomic E-state index is 12.4. The Hall–Kier alpha value is -3.18. The van der Waals surface area contributed by atoms with Crippen LogP contribution in [0.1, 0.15) is 26.3 Å². The number of hydrogen-bond acceptors (Lipinski definition) is 4. The van der Waals surface area contributed by atoms with Gasteiger partial charge >= 0.3 is 0 Å². The minimum atomic E-state index is -0.432. The smallest absolute Gasteiger partial charge is 0.285 e. The molecule has 5 nitrogen and oxygen atoms in total. The molecule has 0 fully saturated rings. The van der Waals surface area contributed by atoms with E-state index in [1.54, 1.807) is 31.4 Å². The number of carbonyl (C=O) groups excluding carboxylic acids is 2. The van der Waals surface area contributed by atoms with Crippen molar-refractivity contribution in [3.05, 3.63) is 77.4 Å². The molecular weight excluding hydrogens is 318 g/mol. The predicted octanol–water partition coefficient (Wildman–Crippen LogP) is 3.58. The lowest BCUT2D eigenvalue weighted by Crippen LogP contribution is -2.29. The van der Waals surface area contributed by atoms with Crippen LogP contribution in [0, 0.1) is 0 Å². The Kier molecular flexibility index (Phi) is 3.71. The lowest BCUT2D eigenvalue weighted by atomic mass is 10.0. The summed E-state index contributed by atoms with van der Waals surface area (Å²) in [6, 6.07) is 18.3. The van der Waals surface area contributed by atoms with E-state index in [0.717, 1.165) is 27.1 Å². The molecule has 1 aliphatic rings. The lowest BCUT2D eigenvalue weighted by molar-refractivity contribution is -0.100. The summed E-state index contributed by atoms with van der Waals surface area (Å²) in [4.78, 5) is 30.3. The van der Waals surface area contributed by atoms with E-state index >= 15 is 0 Å². The molecule has 0 radical (unpaired) electrons. The Bertz CT molecular complexity index is 961. The van der Waals surface area contributed by atoms with Crippen molar-refractivity contribution in [2.24, 2.45) is 0 Å². The first kappa shape index (κ1) is 15.4. The number of hydroxylamine groups is 2. The van der Waals surface area contributed by atoms with E-state index < -0.39 is 11.8 Å². The van der Waals surface area contributed by atoms with Crippen molar-refractivity contribution in [2.75, 3.05) is 7.11 Å². The van der Waals surface area contributed by atoms with Gasteiger partial charge in [0.25, 0.3) is 11.8 Å². The molecule has 0 unspecified atom stereocenters. The molecule has 2 amide bonds. The van der Waals surface area contributed by atoms with E-state index in [0.29, 0.717) is 11.1 Å². The van der Waals surface area contributed by atoms with Crippen LogP contribution in [0.5, 0.6) is 5.75 Å². The quantitative estimate of drug-likeness (QED) is 0.685. The van der Waals surface area contributed by atoms with Gasteiger partial charge in [-0.25, -0.2) is 0 Å². The first-order chi connectivity index (χ1) is 12.2. The van der Waals surface area contributed by atoms with Crippen LogP contribution in [0.3, 0.4) is 0 Å². The van der Waals surface area contributed by atoms with Gasteiger partial charge in [0.2, 0.25) is 0 Å². The molecule has 0 saturated heterocycles. The standard InChI is InChI=1S/C20H15NO4/c1-24-15-10-9-13-5-4-6-14(18(13)11-15)12-25-21-19(22)16-7-2-3-8-17(16)20(21)23/h2-11H,12H2,1H3. The minimum Gasteiger partial charge on any atom is -0.497 e. The largest absolute Gasteiger partial charge is 0.497 e. The number of ether oxygens (including phenoxy) is 1. The zero-order chi connectivity index (χ0) is 17.4. The number of rotatable bonds is 4. The maximum absolute atomic E-state index is 12.4. The van der Waals surface area contributed by atoms with Crippen LogP contribution in [-0.4, -0.2) is 24.0 Å². The first-order valence-corrected chi connectivity index (χ1v) is 7.85. The van der Waals surface area contributed by atoms with Gasteiger partial charge in [0.1, 0.15) is 12.4 Å². The fourth-order valence-corrected chi connectivity index (χ4v) is 2.99. The second-order valence-corrected chi connectivity index (χ2v) is 5.73. The normalized spacial score (nSPS) is 13.4. The molecular formula is C20H15NO4. The highest BCUT2D eigenvalue weighted by atomic mass is 16.7. The van der Waals surface area contributed by atoms with Gasteiger partial charge in [0, 0.05) is 0 Å². The number of benzene rings is 3. The second-order valence-electron chi connectivity index (χ2n) is 5.73. The summed E-state index contributed by atoms with van der Waals surface area (Å²) in [6.45, 7) is 0.107. The van der Waals surface area contributed by atoms with Crippen molar-refractivity contribution in [1.29, 1.82) is 0 Å². The maximum Gasteiger partial charge on any atom is 0.285 e. The van der Waals surface area contributed by atoms with Crippen LogP contribution in [0.15, 0.2) is 60.7 Å². The third-order valence-electron chi connectivity index (χ3n) is 4.29. The molecule has 0 saturated carbocycles. The van der Waals surface area contributed by atoms with Crippen molar-refractivity contribution in [2.45, 2.75) is 6.61 Å². The average molecular weight is 333 g/mol. The van der Waals surface area contributed by atoms with Gasteiger partial charge in [-0.3, -0.25) is 14.4 Å². The molecule has 0 spiro atoms. The van der Waals surface area contributed by atoms with Gasteiger partial charge in [-0.05, 0) is 40.6 Å². The molecule has 1 heterocycles. The van der Waals surface area contributed by atoms with Crippen LogP contribution < -0.4 is 4.74 Å². The van der Waals surface area contributed by atoms with Gasteiger partial charge in [0.15, 0.2) is 0 Å². The van der Waals surface area contributed by atoms with Gasteiger partial charge in [0.05, 0.1) is 18.2 Å². The van der Waals surface area contributed by atoms with Crippen LogP contribution >= 0.6 is 0 Å². The number of amides is 2. The van der Waals surface area contributed by atoms with E-state index in [-0.39, 0.29) is 6.61 Å². The molecule has 0 aliphatic carbocycles. The van der Waals surface area contributed by atoms with Crippen molar-refractivity contribution in [1.82, 2.24) is 5.06 Å². The van der Waals surface area contributed by atoms with E-state index in [1.165, 1.54) is 0 Å². The third-order valence-corrected chi connectivity index (χ3v) is 4.29. The average Bonchev–Trinajstić information content (AvgIpc) is 2.90. The SMILES string of the molecule is COc1ccc2cccc(CON3C(=O)c4ccccc4C3=O)c2c1. The summed E-state index contributed by atoms with van der Waals surface area (Å²) in [5.74, 6) is -0.127. The van der Waals surface area contributed by atoms with Crippen LogP contribution in [-0.2, 0) is 11.4 Å². The van der Waals surface area contributed by atoms with E-state index in [1.807, 2.05) is 36.4 Å². The summed E-state index contributed by atoms with van der Waals surface area (Å²) in [5, 5.41) is 2.83. The molecule has 124 valence electrons. The summed E-state index contributed by atoms with van der Waals surface area (Å²) in [7, 11) is 1.61. The molecule has 0 N–H and O–H groups in total.